The first-order valence-corrected chi connectivity index (χ1v) is 5.73. The van der Waals surface area contributed by atoms with E-state index in [1.165, 1.54) is 0 Å². The molecule has 0 saturated heterocycles. The van der Waals surface area contributed by atoms with Gasteiger partial charge < -0.3 is 0 Å². The van der Waals surface area contributed by atoms with Crippen molar-refractivity contribution in [3.63, 3.8) is 0 Å². The van der Waals surface area contributed by atoms with E-state index in [1.807, 2.05) is 20.8 Å². The smallest absolute Gasteiger partial charge is 0.258 e. The Kier molecular flexibility index (Phi) is 4.40. The predicted molar refractivity (Wildman–Crippen MR) is 63.6 cm³/mol. The van der Waals surface area contributed by atoms with Crippen molar-refractivity contribution in [2.45, 2.75) is 46.5 Å². The zero-order valence-corrected chi connectivity index (χ0v) is 10.1. The molecule has 0 aliphatic heterocycles. The van der Waals surface area contributed by atoms with Crippen LogP contribution in [0.4, 0.5) is 5.69 Å². The van der Waals surface area contributed by atoms with Crippen molar-refractivity contribution in [3.8, 4) is 0 Å². The Morgan fingerprint density at radius 3 is 2.44 bits per heavy atom. The van der Waals surface area contributed by atoms with Crippen molar-refractivity contribution >= 4 is 5.69 Å². The van der Waals surface area contributed by atoms with Gasteiger partial charge in [-0.2, -0.15) is 0 Å². The van der Waals surface area contributed by atoms with Crippen LogP contribution >= 0.6 is 0 Å². The number of nitrogens with zero attached hydrogens (tertiary/aromatic N) is 2. The minimum atomic E-state index is -0.282. The van der Waals surface area contributed by atoms with E-state index in [9.17, 15) is 10.1 Å². The fraction of sp³-hybridized carbons (Fsp3) is 0.583. The van der Waals surface area contributed by atoms with Crippen molar-refractivity contribution in [1.29, 1.82) is 0 Å². The average molecular weight is 222 g/mol. The highest BCUT2D eigenvalue weighted by Gasteiger charge is 2.21. The second-order valence-corrected chi connectivity index (χ2v) is 3.97. The molecule has 1 rings (SSSR count). The largest absolute Gasteiger partial charge is 0.294 e. The first-order valence-electron chi connectivity index (χ1n) is 5.73. The molecular weight excluding hydrogens is 204 g/mol. The Balaban J connectivity index is 3.31. The summed E-state index contributed by atoms with van der Waals surface area (Å²) in [5, 5.41) is 11.1. The third-order valence-corrected chi connectivity index (χ3v) is 2.62. The van der Waals surface area contributed by atoms with Gasteiger partial charge in [0, 0.05) is 11.8 Å². The van der Waals surface area contributed by atoms with Gasteiger partial charge in [-0.1, -0.05) is 26.7 Å². The normalized spacial score (nSPS) is 10.4. The lowest BCUT2D eigenvalue weighted by molar-refractivity contribution is -0.386. The van der Waals surface area contributed by atoms with Crippen LogP contribution in [0.5, 0.6) is 0 Å². The SMILES string of the molecule is CCCc1ncc(C)c(CCC)c1[N+](=O)[O-]. The van der Waals surface area contributed by atoms with E-state index in [0.29, 0.717) is 12.1 Å². The zero-order valence-electron chi connectivity index (χ0n) is 10.1. The van der Waals surface area contributed by atoms with Crippen LogP contribution < -0.4 is 0 Å². The Labute approximate surface area is 95.9 Å². The number of aryl methyl sites for hydroxylation is 2. The average Bonchev–Trinajstić information content (AvgIpc) is 2.23. The van der Waals surface area contributed by atoms with Gasteiger partial charge in [-0.15, -0.1) is 0 Å². The number of pyridine rings is 1. The standard InChI is InChI=1S/C12H18N2O2/c1-4-6-10-9(3)8-13-11(7-5-2)12(10)14(15)16/h8H,4-7H2,1-3H3. The second-order valence-electron chi connectivity index (χ2n) is 3.97. The molecule has 4 nitrogen and oxygen atoms in total. The van der Waals surface area contributed by atoms with Crippen LogP contribution in [0.15, 0.2) is 6.20 Å². The summed E-state index contributed by atoms with van der Waals surface area (Å²) >= 11 is 0. The molecule has 0 bridgehead atoms. The molecule has 0 amide bonds. The highest BCUT2D eigenvalue weighted by atomic mass is 16.6. The molecule has 0 fully saturated rings. The summed E-state index contributed by atoms with van der Waals surface area (Å²) < 4.78 is 0. The topological polar surface area (TPSA) is 56.0 Å². The molecule has 4 heteroatoms. The summed E-state index contributed by atoms with van der Waals surface area (Å²) in [6, 6.07) is 0. The lowest BCUT2D eigenvalue weighted by Crippen LogP contribution is -2.05. The van der Waals surface area contributed by atoms with Crippen LogP contribution in [0.1, 0.15) is 43.5 Å². The van der Waals surface area contributed by atoms with Crippen LogP contribution in [0.25, 0.3) is 0 Å². The molecular formula is C12H18N2O2. The van der Waals surface area contributed by atoms with E-state index in [0.717, 1.165) is 30.4 Å². The monoisotopic (exact) mass is 222 g/mol. The van der Waals surface area contributed by atoms with Crippen molar-refractivity contribution in [3.05, 3.63) is 33.1 Å². The molecule has 16 heavy (non-hydrogen) atoms. The maximum Gasteiger partial charge on any atom is 0.294 e. The fourth-order valence-corrected chi connectivity index (χ4v) is 1.88. The van der Waals surface area contributed by atoms with Gasteiger partial charge in [-0.25, -0.2) is 0 Å². The lowest BCUT2D eigenvalue weighted by atomic mass is 10.0. The Hall–Kier alpha value is -1.45. The third kappa shape index (κ3) is 2.56. The Morgan fingerprint density at radius 1 is 1.31 bits per heavy atom. The summed E-state index contributed by atoms with van der Waals surface area (Å²) in [6.07, 6.45) is 4.97. The Morgan fingerprint density at radius 2 is 1.94 bits per heavy atom. The molecule has 1 heterocycles. The summed E-state index contributed by atoms with van der Waals surface area (Å²) in [5.41, 5.74) is 2.64. The summed E-state index contributed by atoms with van der Waals surface area (Å²) in [7, 11) is 0. The lowest BCUT2D eigenvalue weighted by Gasteiger charge is -2.08. The van der Waals surface area contributed by atoms with Gasteiger partial charge >= 0.3 is 0 Å². The van der Waals surface area contributed by atoms with E-state index in [1.54, 1.807) is 6.20 Å². The number of aromatic nitrogens is 1. The van der Waals surface area contributed by atoms with E-state index in [4.69, 9.17) is 0 Å². The molecule has 0 aromatic carbocycles. The molecule has 0 radical (unpaired) electrons. The number of rotatable bonds is 5. The number of hydrogen-bond acceptors (Lipinski definition) is 3. The van der Waals surface area contributed by atoms with Crippen LogP contribution in [0.2, 0.25) is 0 Å². The molecule has 1 aromatic rings. The summed E-state index contributed by atoms with van der Waals surface area (Å²) in [4.78, 5) is 15.0. The van der Waals surface area contributed by atoms with E-state index in [-0.39, 0.29) is 10.6 Å². The predicted octanol–water partition coefficient (Wildman–Crippen LogP) is 3.20. The zero-order chi connectivity index (χ0) is 12.1. The number of hydrogen-bond donors (Lipinski definition) is 0. The molecule has 1 aromatic heterocycles. The maximum atomic E-state index is 11.1. The van der Waals surface area contributed by atoms with Crippen LogP contribution in [0, 0.1) is 17.0 Å². The van der Waals surface area contributed by atoms with Crippen LogP contribution in [-0.2, 0) is 12.8 Å². The van der Waals surface area contributed by atoms with Crippen molar-refractivity contribution in [1.82, 2.24) is 4.98 Å². The molecule has 88 valence electrons. The van der Waals surface area contributed by atoms with Crippen molar-refractivity contribution < 1.29 is 4.92 Å². The summed E-state index contributed by atoms with van der Waals surface area (Å²) in [5.74, 6) is 0. The maximum absolute atomic E-state index is 11.1. The molecule has 0 N–H and O–H groups in total. The van der Waals surface area contributed by atoms with E-state index >= 15 is 0 Å². The second kappa shape index (κ2) is 5.58. The minimum Gasteiger partial charge on any atom is -0.258 e. The quantitative estimate of drug-likeness (QED) is 0.567. The highest BCUT2D eigenvalue weighted by Crippen LogP contribution is 2.27. The van der Waals surface area contributed by atoms with E-state index < -0.39 is 0 Å². The first kappa shape index (κ1) is 12.6. The fourth-order valence-electron chi connectivity index (χ4n) is 1.88. The van der Waals surface area contributed by atoms with Crippen LogP contribution in [-0.4, -0.2) is 9.91 Å². The van der Waals surface area contributed by atoms with Gasteiger partial charge in [0.15, 0.2) is 0 Å². The molecule has 0 aliphatic rings. The first-order chi connectivity index (χ1) is 7.61. The molecule has 0 spiro atoms. The molecule has 0 unspecified atom stereocenters. The summed E-state index contributed by atoms with van der Waals surface area (Å²) in [6.45, 7) is 5.93. The molecule has 0 aliphatic carbocycles. The van der Waals surface area contributed by atoms with Gasteiger partial charge in [0.05, 0.1) is 4.92 Å². The highest BCUT2D eigenvalue weighted by molar-refractivity contribution is 5.48. The van der Waals surface area contributed by atoms with Gasteiger partial charge in [-0.3, -0.25) is 15.1 Å². The van der Waals surface area contributed by atoms with Gasteiger partial charge in [0.2, 0.25) is 0 Å². The van der Waals surface area contributed by atoms with E-state index in [2.05, 4.69) is 4.98 Å². The number of nitro groups is 1. The van der Waals surface area contributed by atoms with Gasteiger partial charge in [-0.05, 0) is 25.3 Å². The van der Waals surface area contributed by atoms with Crippen molar-refractivity contribution in [2.75, 3.05) is 0 Å². The van der Waals surface area contributed by atoms with Crippen molar-refractivity contribution in [2.24, 2.45) is 0 Å². The van der Waals surface area contributed by atoms with Gasteiger partial charge in [0.25, 0.3) is 5.69 Å². The Bertz CT molecular complexity index is 389. The van der Waals surface area contributed by atoms with Gasteiger partial charge in [0.1, 0.15) is 5.69 Å². The molecule has 0 saturated carbocycles. The third-order valence-electron chi connectivity index (χ3n) is 2.62. The molecule has 0 atom stereocenters. The van der Waals surface area contributed by atoms with Crippen LogP contribution in [0.3, 0.4) is 0 Å². The minimum absolute atomic E-state index is 0.240.